The monoisotopic (exact) mass is 334 g/mol. The molecule has 1 amide bonds. The highest BCUT2D eigenvalue weighted by Gasteiger charge is 2.20. The summed E-state index contributed by atoms with van der Waals surface area (Å²) in [7, 11) is 5.10. The van der Waals surface area contributed by atoms with Gasteiger partial charge in [0.15, 0.2) is 0 Å². The molecule has 1 aromatic carbocycles. The van der Waals surface area contributed by atoms with Crippen molar-refractivity contribution in [1.29, 1.82) is 0 Å². The Kier molecular flexibility index (Phi) is 6.01. The van der Waals surface area contributed by atoms with Crippen LogP contribution in [0.5, 0.6) is 11.5 Å². The molecule has 1 N–H and O–H groups in total. The highest BCUT2D eigenvalue weighted by Crippen LogP contribution is 2.29. The zero-order valence-electron chi connectivity index (χ0n) is 13.8. The van der Waals surface area contributed by atoms with Crippen LogP contribution in [0.3, 0.4) is 0 Å². The Bertz CT molecular complexity index is 643. The molecular formula is C17H22N2O3S. The smallest absolute Gasteiger partial charge is 0.241 e. The predicted molar refractivity (Wildman–Crippen MR) is 93.4 cm³/mol. The number of ether oxygens (including phenoxy) is 2. The van der Waals surface area contributed by atoms with E-state index < -0.39 is 0 Å². The quantitative estimate of drug-likeness (QED) is 0.845. The minimum atomic E-state index is -0.272. The minimum Gasteiger partial charge on any atom is -0.497 e. The van der Waals surface area contributed by atoms with E-state index in [1.165, 1.54) is 5.56 Å². The Labute approximate surface area is 140 Å². The van der Waals surface area contributed by atoms with Gasteiger partial charge in [0.05, 0.1) is 25.9 Å². The number of amides is 1. The van der Waals surface area contributed by atoms with Crippen molar-refractivity contribution in [1.82, 2.24) is 4.90 Å². The maximum Gasteiger partial charge on any atom is 0.241 e. The van der Waals surface area contributed by atoms with E-state index in [4.69, 9.17) is 9.47 Å². The number of thiophene rings is 1. The van der Waals surface area contributed by atoms with Crippen LogP contribution in [-0.4, -0.2) is 38.1 Å². The van der Waals surface area contributed by atoms with E-state index in [9.17, 15) is 4.79 Å². The largest absolute Gasteiger partial charge is 0.497 e. The Morgan fingerprint density at radius 1 is 1.30 bits per heavy atom. The summed E-state index contributed by atoms with van der Waals surface area (Å²) in [6.45, 7) is 2.61. The van der Waals surface area contributed by atoms with Gasteiger partial charge in [-0.3, -0.25) is 9.69 Å². The molecule has 124 valence electrons. The van der Waals surface area contributed by atoms with Crippen LogP contribution in [0, 0.1) is 0 Å². The van der Waals surface area contributed by atoms with Gasteiger partial charge in [-0.05, 0) is 48.5 Å². The van der Waals surface area contributed by atoms with E-state index in [1.807, 2.05) is 24.3 Å². The van der Waals surface area contributed by atoms with E-state index in [2.05, 4.69) is 16.8 Å². The van der Waals surface area contributed by atoms with Gasteiger partial charge in [-0.2, -0.15) is 11.3 Å². The van der Waals surface area contributed by atoms with Crippen LogP contribution in [0.2, 0.25) is 0 Å². The van der Waals surface area contributed by atoms with Crippen LogP contribution in [0.15, 0.2) is 35.0 Å². The van der Waals surface area contributed by atoms with E-state index in [1.54, 1.807) is 43.8 Å². The van der Waals surface area contributed by atoms with Crippen molar-refractivity contribution in [3.05, 3.63) is 40.6 Å². The number of anilines is 1. The molecule has 23 heavy (non-hydrogen) atoms. The number of likely N-dealkylation sites (N-methyl/N-ethyl adjacent to an activating group) is 1. The first-order valence-corrected chi connectivity index (χ1v) is 8.23. The zero-order valence-corrected chi connectivity index (χ0v) is 14.6. The zero-order chi connectivity index (χ0) is 16.8. The number of carbonyl (C=O) groups excluding carboxylic acids is 1. The Balaban J connectivity index is 2.05. The number of hydrogen-bond donors (Lipinski definition) is 1. The van der Waals surface area contributed by atoms with Gasteiger partial charge >= 0.3 is 0 Å². The van der Waals surface area contributed by atoms with Gasteiger partial charge in [-0.15, -0.1) is 0 Å². The lowest BCUT2D eigenvalue weighted by molar-refractivity contribution is -0.120. The maximum atomic E-state index is 12.5. The third kappa shape index (κ3) is 4.46. The molecule has 2 rings (SSSR count). The molecule has 0 aliphatic rings. The molecule has 0 spiro atoms. The molecule has 0 bridgehead atoms. The van der Waals surface area contributed by atoms with Crippen molar-refractivity contribution >= 4 is 22.9 Å². The van der Waals surface area contributed by atoms with E-state index in [-0.39, 0.29) is 11.9 Å². The molecule has 5 nitrogen and oxygen atoms in total. The van der Waals surface area contributed by atoms with Gasteiger partial charge in [0.25, 0.3) is 0 Å². The molecule has 0 saturated carbocycles. The van der Waals surface area contributed by atoms with Gasteiger partial charge in [-0.1, -0.05) is 0 Å². The average molecular weight is 334 g/mol. The van der Waals surface area contributed by atoms with Crippen LogP contribution >= 0.6 is 11.3 Å². The second-order valence-corrected chi connectivity index (χ2v) is 6.06. The van der Waals surface area contributed by atoms with Crippen molar-refractivity contribution in [2.24, 2.45) is 0 Å². The second kappa shape index (κ2) is 7.99. The Hall–Kier alpha value is -2.05. The van der Waals surface area contributed by atoms with Gasteiger partial charge in [0, 0.05) is 12.6 Å². The molecule has 1 unspecified atom stereocenters. The van der Waals surface area contributed by atoms with Gasteiger partial charge < -0.3 is 14.8 Å². The summed E-state index contributed by atoms with van der Waals surface area (Å²) >= 11 is 1.66. The number of benzene rings is 1. The van der Waals surface area contributed by atoms with Gasteiger partial charge in [0.1, 0.15) is 11.5 Å². The van der Waals surface area contributed by atoms with Crippen molar-refractivity contribution in [3.63, 3.8) is 0 Å². The van der Waals surface area contributed by atoms with Crippen LogP contribution in [0.4, 0.5) is 5.69 Å². The first-order valence-electron chi connectivity index (χ1n) is 7.29. The SMILES string of the molecule is COc1ccc(OC)c(NC(=O)C(C)N(C)Cc2ccsc2)c1. The first-order chi connectivity index (χ1) is 11.0. The van der Waals surface area contributed by atoms with Crippen LogP contribution in [0.1, 0.15) is 12.5 Å². The maximum absolute atomic E-state index is 12.5. The molecule has 1 aromatic heterocycles. The third-order valence-corrected chi connectivity index (χ3v) is 4.45. The lowest BCUT2D eigenvalue weighted by Gasteiger charge is -2.24. The lowest BCUT2D eigenvalue weighted by atomic mass is 10.2. The highest BCUT2D eigenvalue weighted by atomic mass is 32.1. The normalized spacial score (nSPS) is 12.0. The standard InChI is InChI=1S/C17H22N2O3S/c1-12(19(2)10-13-7-8-23-11-13)17(20)18-15-9-14(21-3)5-6-16(15)22-4/h5-9,11-12H,10H2,1-4H3,(H,18,20). The Morgan fingerprint density at radius 2 is 2.09 bits per heavy atom. The van der Waals surface area contributed by atoms with Crippen LogP contribution < -0.4 is 14.8 Å². The van der Waals surface area contributed by atoms with Gasteiger partial charge in [-0.25, -0.2) is 0 Å². The number of rotatable bonds is 7. The number of nitrogens with zero attached hydrogens (tertiary/aromatic N) is 1. The number of carbonyl (C=O) groups is 1. The summed E-state index contributed by atoms with van der Waals surface area (Å²) in [5, 5.41) is 7.04. The fourth-order valence-corrected chi connectivity index (χ4v) is 2.82. The molecule has 0 aliphatic heterocycles. The molecule has 1 heterocycles. The predicted octanol–water partition coefficient (Wildman–Crippen LogP) is 3.22. The summed E-state index contributed by atoms with van der Waals surface area (Å²) in [6.07, 6.45) is 0. The molecule has 0 fully saturated rings. The van der Waals surface area contributed by atoms with Crippen LogP contribution in [-0.2, 0) is 11.3 Å². The molecule has 1 atom stereocenters. The molecular weight excluding hydrogens is 312 g/mol. The highest BCUT2D eigenvalue weighted by molar-refractivity contribution is 7.07. The molecule has 0 radical (unpaired) electrons. The van der Waals surface area contributed by atoms with E-state index in [0.717, 1.165) is 6.54 Å². The first kappa shape index (κ1) is 17.3. The summed E-state index contributed by atoms with van der Waals surface area (Å²) in [6, 6.07) is 7.11. The van der Waals surface area contributed by atoms with E-state index >= 15 is 0 Å². The van der Waals surface area contributed by atoms with Crippen LogP contribution in [0.25, 0.3) is 0 Å². The number of nitrogens with one attached hydrogen (secondary N) is 1. The topological polar surface area (TPSA) is 50.8 Å². The molecule has 0 saturated heterocycles. The van der Waals surface area contributed by atoms with Crippen molar-refractivity contribution in [3.8, 4) is 11.5 Å². The second-order valence-electron chi connectivity index (χ2n) is 5.28. The minimum absolute atomic E-state index is 0.0886. The average Bonchev–Trinajstić information content (AvgIpc) is 3.06. The molecule has 0 aliphatic carbocycles. The van der Waals surface area contributed by atoms with Gasteiger partial charge in [0.2, 0.25) is 5.91 Å². The summed E-state index contributed by atoms with van der Waals surface area (Å²) < 4.78 is 10.5. The third-order valence-electron chi connectivity index (χ3n) is 3.72. The molecule has 2 aromatic rings. The van der Waals surface area contributed by atoms with E-state index in [0.29, 0.717) is 17.2 Å². The van der Waals surface area contributed by atoms with Crippen molar-refractivity contribution < 1.29 is 14.3 Å². The summed E-state index contributed by atoms with van der Waals surface area (Å²) in [5.74, 6) is 1.18. The lowest BCUT2D eigenvalue weighted by Crippen LogP contribution is -2.39. The summed E-state index contributed by atoms with van der Waals surface area (Å²) in [4.78, 5) is 14.5. The van der Waals surface area contributed by atoms with Crippen molar-refractivity contribution in [2.45, 2.75) is 19.5 Å². The Morgan fingerprint density at radius 3 is 2.70 bits per heavy atom. The van der Waals surface area contributed by atoms with Crippen molar-refractivity contribution in [2.75, 3.05) is 26.6 Å². The fourth-order valence-electron chi connectivity index (χ4n) is 2.16. The molecule has 6 heteroatoms. The summed E-state index contributed by atoms with van der Waals surface area (Å²) in [5.41, 5.74) is 1.81. The number of methoxy groups -OCH3 is 2. The fraction of sp³-hybridized carbons (Fsp3) is 0.353. The number of hydrogen-bond acceptors (Lipinski definition) is 5.